The molecule has 0 saturated carbocycles. The van der Waals surface area contributed by atoms with Crippen LogP contribution in [-0.2, 0) is 14.6 Å². The molecular formula is C12H20N2O5S2. The average molecular weight is 336 g/mol. The molecule has 2 heterocycles. The first-order chi connectivity index (χ1) is 9.88. The van der Waals surface area contributed by atoms with Crippen LogP contribution in [0.15, 0.2) is 0 Å². The maximum absolute atomic E-state index is 12.6. The van der Waals surface area contributed by atoms with Gasteiger partial charge in [-0.25, -0.2) is 18.0 Å². The zero-order valence-corrected chi connectivity index (χ0v) is 13.5. The number of likely N-dealkylation sites (tertiary alicyclic amines) is 1. The van der Waals surface area contributed by atoms with Crippen molar-refractivity contribution in [2.75, 3.05) is 30.3 Å². The Balaban J connectivity index is 2.21. The number of carboxylic acid groups (broad SMARTS) is 1. The van der Waals surface area contributed by atoms with Gasteiger partial charge in [-0.1, -0.05) is 6.92 Å². The highest BCUT2D eigenvalue weighted by atomic mass is 32.2. The normalized spacial score (nSPS) is 26.9. The van der Waals surface area contributed by atoms with E-state index < -0.39 is 33.3 Å². The maximum atomic E-state index is 12.6. The van der Waals surface area contributed by atoms with Gasteiger partial charge in [0.15, 0.2) is 9.84 Å². The fraction of sp³-hybridized carbons (Fsp3) is 0.833. The van der Waals surface area contributed by atoms with Gasteiger partial charge in [0.1, 0.15) is 11.4 Å². The first-order valence-corrected chi connectivity index (χ1v) is 9.85. The third-order valence-electron chi connectivity index (χ3n) is 3.93. The van der Waals surface area contributed by atoms with Crippen molar-refractivity contribution in [1.29, 1.82) is 0 Å². The van der Waals surface area contributed by atoms with Crippen molar-refractivity contribution in [3.8, 4) is 0 Å². The van der Waals surface area contributed by atoms with E-state index in [1.807, 2.05) is 0 Å². The number of rotatable bonds is 3. The van der Waals surface area contributed by atoms with Gasteiger partial charge in [-0.05, 0) is 12.8 Å². The smallest absolute Gasteiger partial charge is 0.326 e. The van der Waals surface area contributed by atoms with Gasteiger partial charge in [0.05, 0.1) is 0 Å². The van der Waals surface area contributed by atoms with Crippen LogP contribution in [0.5, 0.6) is 0 Å². The highest BCUT2D eigenvalue weighted by Gasteiger charge is 2.42. The Labute approximate surface area is 128 Å². The number of thioether (sulfide) groups is 1. The van der Waals surface area contributed by atoms with Crippen molar-refractivity contribution < 1.29 is 23.1 Å². The summed E-state index contributed by atoms with van der Waals surface area (Å²) < 4.78 is 24.3. The number of hydrogen-bond acceptors (Lipinski definition) is 5. The maximum Gasteiger partial charge on any atom is 0.326 e. The lowest BCUT2D eigenvalue weighted by molar-refractivity contribution is -0.141. The SMILES string of the molecule is CCS(=O)(=O)C1CSCCN1C(=O)N1CCCC1C(=O)O. The summed E-state index contributed by atoms with van der Waals surface area (Å²) in [6, 6.07) is -1.29. The number of hydrogen-bond donors (Lipinski definition) is 1. The minimum Gasteiger partial charge on any atom is -0.480 e. The Kier molecular flexibility index (Phi) is 5.03. The van der Waals surface area contributed by atoms with E-state index in [2.05, 4.69) is 0 Å². The molecule has 120 valence electrons. The van der Waals surface area contributed by atoms with Crippen LogP contribution in [0.2, 0.25) is 0 Å². The molecule has 2 fully saturated rings. The number of urea groups is 1. The second-order valence-corrected chi connectivity index (χ2v) is 8.74. The van der Waals surface area contributed by atoms with Crippen LogP contribution in [-0.4, -0.2) is 77.1 Å². The van der Waals surface area contributed by atoms with Gasteiger partial charge in [0.2, 0.25) is 0 Å². The second kappa shape index (κ2) is 6.43. The van der Waals surface area contributed by atoms with Crippen LogP contribution in [0, 0.1) is 0 Å². The van der Waals surface area contributed by atoms with Crippen molar-refractivity contribution in [2.45, 2.75) is 31.2 Å². The van der Waals surface area contributed by atoms with E-state index in [1.54, 1.807) is 6.92 Å². The number of carbonyl (C=O) groups is 2. The first kappa shape index (κ1) is 16.4. The molecule has 2 saturated heterocycles. The summed E-state index contributed by atoms with van der Waals surface area (Å²) >= 11 is 1.51. The van der Waals surface area contributed by atoms with E-state index in [4.69, 9.17) is 5.11 Å². The monoisotopic (exact) mass is 336 g/mol. The Bertz CT molecular complexity index is 522. The minimum atomic E-state index is -3.37. The predicted molar refractivity (Wildman–Crippen MR) is 80.0 cm³/mol. The summed E-state index contributed by atoms with van der Waals surface area (Å²) in [6.45, 7) is 2.28. The van der Waals surface area contributed by atoms with Crippen molar-refractivity contribution in [2.24, 2.45) is 0 Å². The molecule has 0 bridgehead atoms. The fourth-order valence-corrected chi connectivity index (χ4v) is 5.67. The highest BCUT2D eigenvalue weighted by molar-refractivity contribution is 8.01. The van der Waals surface area contributed by atoms with Crippen molar-refractivity contribution in [3.05, 3.63) is 0 Å². The van der Waals surface area contributed by atoms with Crippen LogP contribution in [0.3, 0.4) is 0 Å². The molecule has 7 nitrogen and oxygen atoms in total. The Morgan fingerprint density at radius 3 is 2.62 bits per heavy atom. The topological polar surface area (TPSA) is 95.0 Å². The average Bonchev–Trinajstić information content (AvgIpc) is 2.96. The first-order valence-electron chi connectivity index (χ1n) is 6.98. The third kappa shape index (κ3) is 3.28. The molecule has 0 aromatic carbocycles. The fourth-order valence-electron chi connectivity index (χ4n) is 2.71. The van der Waals surface area contributed by atoms with Crippen LogP contribution in [0.1, 0.15) is 19.8 Å². The highest BCUT2D eigenvalue weighted by Crippen LogP contribution is 2.26. The predicted octanol–water partition coefficient (Wildman–Crippen LogP) is 0.465. The zero-order chi connectivity index (χ0) is 15.6. The molecule has 2 rings (SSSR count). The lowest BCUT2D eigenvalue weighted by Gasteiger charge is -2.38. The molecule has 1 N–H and O–H groups in total. The molecule has 2 aliphatic rings. The van der Waals surface area contributed by atoms with Crippen LogP contribution < -0.4 is 0 Å². The molecule has 2 amide bonds. The van der Waals surface area contributed by atoms with Gasteiger partial charge in [-0.15, -0.1) is 0 Å². The van der Waals surface area contributed by atoms with Gasteiger partial charge in [-0.3, -0.25) is 0 Å². The summed E-state index contributed by atoms with van der Waals surface area (Å²) in [6.07, 6.45) is 1.06. The van der Waals surface area contributed by atoms with E-state index in [0.717, 1.165) is 0 Å². The molecule has 0 aromatic rings. The molecule has 0 aliphatic carbocycles. The van der Waals surface area contributed by atoms with Gasteiger partial charge in [0, 0.05) is 30.3 Å². The van der Waals surface area contributed by atoms with Gasteiger partial charge >= 0.3 is 12.0 Å². The molecule has 0 spiro atoms. The Morgan fingerprint density at radius 2 is 2.00 bits per heavy atom. The van der Waals surface area contributed by atoms with Gasteiger partial charge < -0.3 is 14.9 Å². The van der Waals surface area contributed by atoms with E-state index in [1.165, 1.54) is 21.6 Å². The summed E-state index contributed by atoms with van der Waals surface area (Å²) in [7, 11) is -3.37. The number of nitrogens with zero attached hydrogens (tertiary/aromatic N) is 2. The Hall–Kier alpha value is -0.960. The molecule has 2 aliphatic heterocycles. The lowest BCUT2D eigenvalue weighted by atomic mass is 10.2. The zero-order valence-electron chi connectivity index (χ0n) is 11.9. The summed E-state index contributed by atoms with van der Waals surface area (Å²) in [5.74, 6) is -0.0209. The number of carboxylic acids is 1. The van der Waals surface area contributed by atoms with E-state index in [9.17, 15) is 18.0 Å². The summed E-state index contributed by atoms with van der Waals surface area (Å²) in [4.78, 5) is 26.4. The van der Waals surface area contributed by atoms with E-state index in [-0.39, 0.29) is 5.75 Å². The van der Waals surface area contributed by atoms with Crippen LogP contribution >= 0.6 is 11.8 Å². The molecule has 21 heavy (non-hydrogen) atoms. The number of carbonyl (C=O) groups excluding carboxylic acids is 1. The molecule has 2 unspecified atom stereocenters. The van der Waals surface area contributed by atoms with E-state index >= 15 is 0 Å². The molecular weight excluding hydrogens is 316 g/mol. The standard InChI is InChI=1S/C12H20N2O5S2/c1-2-21(18,19)10-8-20-7-6-14(10)12(17)13-5-3-4-9(13)11(15)16/h9-10H,2-8H2,1H3,(H,15,16). The lowest BCUT2D eigenvalue weighted by Crippen LogP contribution is -2.56. The summed E-state index contributed by atoms with van der Waals surface area (Å²) in [5.41, 5.74) is 0. The molecule has 2 atom stereocenters. The largest absolute Gasteiger partial charge is 0.480 e. The van der Waals surface area contributed by atoms with Crippen LogP contribution in [0.4, 0.5) is 4.79 Å². The number of sulfone groups is 1. The number of aliphatic carboxylic acids is 1. The minimum absolute atomic E-state index is 0.0234. The van der Waals surface area contributed by atoms with Crippen molar-refractivity contribution in [3.63, 3.8) is 0 Å². The van der Waals surface area contributed by atoms with Crippen molar-refractivity contribution >= 4 is 33.6 Å². The van der Waals surface area contributed by atoms with Crippen molar-refractivity contribution in [1.82, 2.24) is 9.80 Å². The molecule has 0 radical (unpaired) electrons. The Morgan fingerprint density at radius 1 is 1.29 bits per heavy atom. The third-order valence-corrected chi connectivity index (χ3v) is 7.22. The molecule has 9 heteroatoms. The van der Waals surface area contributed by atoms with E-state index in [0.29, 0.717) is 37.4 Å². The van der Waals surface area contributed by atoms with Crippen LogP contribution in [0.25, 0.3) is 0 Å². The van der Waals surface area contributed by atoms with Gasteiger partial charge in [-0.2, -0.15) is 11.8 Å². The summed E-state index contributed by atoms with van der Waals surface area (Å²) in [5, 5.41) is 8.32. The van der Waals surface area contributed by atoms with Gasteiger partial charge in [0.25, 0.3) is 0 Å². The quantitative estimate of drug-likeness (QED) is 0.805. The molecule has 0 aromatic heterocycles. The second-order valence-electron chi connectivity index (χ2n) is 5.15. The number of amides is 2.